The molecule has 25 heavy (non-hydrogen) atoms. The number of ether oxygens (including phenoxy) is 1. The summed E-state index contributed by atoms with van der Waals surface area (Å²) in [4.78, 5) is 17.0. The van der Waals surface area contributed by atoms with Crippen LogP contribution in [0, 0.1) is 5.92 Å². The zero-order valence-corrected chi connectivity index (χ0v) is 15.3. The highest BCUT2D eigenvalue weighted by atomic mass is 16.5. The molecule has 0 aromatic carbocycles. The van der Waals surface area contributed by atoms with Crippen LogP contribution in [0.1, 0.15) is 44.4 Å². The Hall–Kier alpha value is -1.53. The van der Waals surface area contributed by atoms with E-state index in [1.165, 1.54) is 19.3 Å². The standard InChI is InChI=1S/C19H31N3O3/c1-2-21(14-16-8-12-24-15-16)19(23)20-13-17(18-7-6-11-25-18)22-9-4-3-5-10-22/h6-7,11,16-17H,2-5,8-10,12-15H2,1H3,(H,20,23)/t16-,17-/m0/s1. The molecule has 6 nitrogen and oxygen atoms in total. The molecule has 2 fully saturated rings. The molecular formula is C19H31N3O3. The second-order valence-electron chi connectivity index (χ2n) is 7.08. The Morgan fingerprint density at radius 2 is 2.24 bits per heavy atom. The lowest BCUT2D eigenvalue weighted by atomic mass is 10.1. The minimum Gasteiger partial charge on any atom is -0.468 e. The topological polar surface area (TPSA) is 58.0 Å². The fourth-order valence-corrected chi connectivity index (χ4v) is 3.81. The summed E-state index contributed by atoms with van der Waals surface area (Å²) in [6, 6.07) is 4.07. The third-order valence-corrected chi connectivity index (χ3v) is 5.32. The molecule has 1 aromatic rings. The molecular weight excluding hydrogens is 318 g/mol. The number of hydrogen-bond acceptors (Lipinski definition) is 4. The summed E-state index contributed by atoms with van der Waals surface area (Å²) in [5.74, 6) is 1.41. The Kier molecular flexibility index (Phi) is 6.76. The molecule has 1 N–H and O–H groups in total. The zero-order chi connectivity index (χ0) is 17.5. The van der Waals surface area contributed by atoms with Gasteiger partial charge in [0.15, 0.2) is 0 Å². The maximum Gasteiger partial charge on any atom is 0.317 e. The molecule has 6 heteroatoms. The molecule has 0 aliphatic carbocycles. The van der Waals surface area contributed by atoms with Gasteiger partial charge < -0.3 is 19.4 Å². The first-order chi connectivity index (χ1) is 12.3. The van der Waals surface area contributed by atoms with Gasteiger partial charge in [0, 0.05) is 32.2 Å². The Morgan fingerprint density at radius 3 is 2.88 bits per heavy atom. The molecule has 3 heterocycles. The summed E-state index contributed by atoms with van der Waals surface area (Å²) >= 11 is 0. The van der Waals surface area contributed by atoms with Gasteiger partial charge in [-0.25, -0.2) is 4.79 Å². The van der Waals surface area contributed by atoms with E-state index in [-0.39, 0.29) is 12.1 Å². The average Bonchev–Trinajstić information content (AvgIpc) is 3.35. The minimum atomic E-state index is 0.0166. The van der Waals surface area contributed by atoms with E-state index < -0.39 is 0 Å². The van der Waals surface area contributed by atoms with Crippen LogP contribution >= 0.6 is 0 Å². The molecule has 0 bridgehead atoms. The van der Waals surface area contributed by atoms with E-state index in [9.17, 15) is 4.79 Å². The fourth-order valence-electron chi connectivity index (χ4n) is 3.81. The number of hydrogen-bond donors (Lipinski definition) is 1. The van der Waals surface area contributed by atoms with Crippen molar-refractivity contribution >= 4 is 6.03 Å². The van der Waals surface area contributed by atoms with E-state index in [0.29, 0.717) is 12.5 Å². The number of piperidine rings is 1. The van der Waals surface area contributed by atoms with Crippen molar-refractivity contribution in [1.29, 1.82) is 0 Å². The first-order valence-corrected chi connectivity index (χ1v) is 9.66. The number of carbonyl (C=O) groups excluding carboxylic acids is 1. The third-order valence-electron chi connectivity index (χ3n) is 5.32. The van der Waals surface area contributed by atoms with Crippen LogP contribution in [0.15, 0.2) is 22.8 Å². The number of carbonyl (C=O) groups is 1. The van der Waals surface area contributed by atoms with E-state index in [1.807, 2.05) is 24.0 Å². The molecule has 2 saturated heterocycles. The first-order valence-electron chi connectivity index (χ1n) is 9.66. The fraction of sp³-hybridized carbons (Fsp3) is 0.737. The van der Waals surface area contributed by atoms with E-state index in [0.717, 1.165) is 51.6 Å². The van der Waals surface area contributed by atoms with Crippen LogP contribution in [0.3, 0.4) is 0 Å². The lowest BCUT2D eigenvalue weighted by molar-refractivity contribution is 0.137. The lowest BCUT2D eigenvalue weighted by Gasteiger charge is -2.34. The SMILES string of the molecule is CCN(C[C@@H]1CCOC1)C(=O)NC[C@@H](c1ccco1)N1CCCCC1. The van der Waals surface area contributed by atoms with Gasteiger partial charge in [-0.05, 0) is 51.4 Å². The average molecular weight is 349 g/mol. The second-order valence-corrected chi connectivity index (χ2v) is 7.08. The van der Waals surface area contributed by atoms with Crippen LogP contribution in [-0.2, 0) is 4.74 Å². The monoisotopic (exact) mass is 349 g/mol. The van der Waals surface area contributed by atoms with Crippen molar-refractivity contribution < 1.29 is 13.9 Å². The molecule has 2 amide bonds. The van der Waals surface area contributed by atoms with E-state index in [4.69, 9.17) is 9.15 Å². The molecule has 140 valence electrons. The number of amides is 2. The molecule has 3 rings (SSSR count). The van der Waals surface area contributed by atoms with Crippen molar-refractivity contribution in [3.63, 3.8) is 0 Å². The molecule has 0 spiro atoms. The Morgan fingerprint density at radius 1 is 1.40 bits per heavy atom. The number of nitrogens with zero attached hydrogens (tertiary/aromatic N) is 2. The minimum absolute atomic E-state index is 0.0166. The third kappa shape index (κ3) is 4.98. The molecule has 0 unspecified atom stereocenters. The van der Waals surface area contributed by atoms with Crippen molar-refractivity contribution in [2.45, 2.75) is 38.6 Å². The van der Waals surface area contributed by atoms with E-state index >= 15 is 0 Å². The number of likely N-dealkylation sites (tertiary alicyclic amines) is 1. The molecule has 2 aliphatic heterocycles. The summed E-state index contributed by atoms with van der Waals surface area (Å²) in [5, 5.41) is 3.14. The van der Waals surface area contributed by atoms with Crippen LogP contribution in [-0.4, -0.2) is 61.8 Å². The van der Waals surface area contributed by atoms with Crippen LogP contribution < -0.4 is 5.32 Å². The Balaban J connectivity index is 1.56. The normalized spacial score (nSPS) is 22.7. The highest BCUT2D eigenvalue weighted by Gasteiger charge is 2.26. The highest BCUT2D eigenvalue weighted by molar-refractivity contribution is 5.74. The summed E-state index contributed by atoms with van der Waals surface area (Å²) in [5.41, 5.74) is 0. The van der Waals surface area contributed by atoms with Crippen molar-refractivity contribution in [2.24, 2.45) is 5.92 Å². The maximum atomic E-state index is 12.6. The van der Waals surface area contributed by atoms with E-state index in [1.54, 1.807) is 6.26 Å². The quantitative estimate of drug-likeness (QED) is 0.822. The van der Waals surface area contributed by atoms with Gasteiger partial charge in [0.1, 0.15) is 5.76 Å². The summed E-state index contributed by atoms with van der Waals surface area (Å²) < 4.78 is 11.1. The molecule has 2 aliphatic rings. The predicted octanol–water partition coefficient (Wildman–Crippen LogP) is 2.87. The predicted molar refractivity (Wildman–Crippen MR) is 96.4 cm³/mol. The summed E-state index contributed by atoms with van der Waals surface area (Å²) in [6.45, 7) is 7.84. The van der Waals surface area contributed by atoms with Crippen molar-refractivity contribution in [3.05, 3.63) is 24.2 Å². The maximum absolute atomic E-state index is 12.6. The van der Waals surface area contributed by atoms with Gasteiger partial charge in [-0.15, -0.1) is 0 Å². The number of rotatable bonds is 7. The molecule has 2 atom stereocenters. The smallest absolute Gasteiger partial charge is 0.317 e. The second kappa shape index (κ2) is 9.25. The highest BCUT2D eigenvalue weighted by Crippen LogP contribution is 2.24. The van der Waals surface area contributed by atoms with Crippen molar-refractivity contribution in [2.75, 3.05) is 45.9 Å². The molecule has 0 radical (unpaired) electrons. The summed E-state index contributed by atoms with van der Waals surface area (Å²) in [6.07, 6.45) is 6.49. The van der Waals surface area contributed by atoms with Gasteiger partial charge in [0.25, 0.3) is 0 Å². The van der Waals surface area contributed by atoms with E-state index in [2.05, 4.69) is 10.2 Å². The summed E-state index contributed by atoms with van der Waals surface area (Å²) in [7, 11) is 0. The zero-order valence-electron chi connectivity index (χ0n) is 15.3. The van der Waals surface area contributed by atoms with Crippen LogP contribution in [0.2, 0.25) is 0 Å². The van der Waals surface area contributed by atoms with Crippen molar-refractivity contribution in [1.82, 2.24) is 15.1 Å². The van der Waals surface area contributed by atoms with Gasteiger partial charge in [0.05, 0.1) is 18.9 Å². The lowest BCUT2D eigenvalue weighted by Crippen LogP contribution is -2.46. The van der Waals surface area contributed by atoms with Crippen molar-refractivity contribution in [3.8, 4) is 0 Å². The van der Waals surface area contributed by atoms with Crippen LogP contribution in [0.5, 0.6) is 0 Å². The number of furan rings is 1. The largest absolute Gasteiger partial charge is 0.468 e. The van der Waals surface area contributed by atoms with Gasteiger partial charge in [0.2, 0.25) is 0 Å². The molecule has 0 saturated carbocycles. The molecule has 1 aromatic heterocycles. The van der Waals surface area contributed by atoms with Gasteiger partial charge in [-0.1, -0.05) is 6.42 Å². The Labute approximate surface area is 150 Å². The van der Waals surface area contributed by atoms with Gasteiger partial charge >= 0.3 is 6.03 Å². The van der Waals surface area contributed by atoms with Crippen LogP contribution in [0.4, 0.5) is 4.79 Å². The Bertz CT molecular complexity index is 508. The first kappa shape index (κ1) is 18.3. The van der Waals surface area contributed by atoms with Crippen LogP contribution in [0.25, 0.3) is 0 Å². The van der Waals surface area contributed by atoms with Gasteiger partial charge in [-0.2, -0.15) is 0 Å². The number of urea groups is 1. The number of nitrogens with one attached hydrogen (secondary N) is 1. The van der Waals surface area contributed by atoms with Gasteiger partial charge in [-0.3, -0.25) is 4.90 Å².